The Bertz CT molecular complexity index is 639. The summed E-state index contributed by atoms with van der Waals surface area (Å²) in [6.45, 7) is 8.14. The van der Waals surface area contributed by atoms with E-state index in [9.17, 15) is 4.79 Å². The van der Waals surface area contributed by atoms with Gasteiger partial charge in [0.25, 0.3) is 0 Å². The number of nitrogens with zero attached hydrogens (tertiary/aromatic N) is 2. The first kappa shape index (κ1) is 17.1. The number of benzene rings is 1. The minimum absolute atomic E-state index is 0.0269. The van der Waals surface area contributed by atoms with Gasteiger partial charge in [-0.05, 0) is 59.6 Å². The van der Waals surface area contributed by atoms with Crippen LogP contribution in [-0.2, 0) is 17.9 Å². The van der Waals surface area contributed by atoms with Gasteiger partial charge in [-0.25, -0.2) is 0 Å². The molecule has 1 aliphatic heterocycles. The van der Waals surface area contributed by atoms with Crippen molar-refractivity contribution in [3.63, 3.8) is 0 Å². The van der Waals surface area contributed by atoms with Gasteiger partial charge in [-0.1, -0.05) is 12.1 Å². The summed E-state index contributed by atoms with van der Waals surface area (Å²) in [5, 5.41) is 7.22. The van der Waals surface area contributed by atoms with E-state index in [1.165, 1.54) is 31.0 Å². The summed E-state index contributed by atoms with van der Waals surface area (Å²) in [7, 11) is 0. The van der Waals surface area contributed by atoms with Crippen molar-refractivity contribution in [2.45, 2.75) is 26.4 Å². The lowest BCUT2D eigenvalue weighted by Gasteiger charge is -2.21. The van der Waals surface area contributed by atoms with E-state index in [-0.39, 0.29) is 5.91 Å². The van der Waals surface area contributed by atoms with E-state index in [1.54, 1.807) is 11.3 Å². The maximum Gasteiger partial charge on any atom is 0.221 e. The minimum Gasteiger partial charge on any atom is -0.326 e. The fourth-order valence-electron chi connectivity index (χ4n) is 3.14. The van der Waals surface area contributed by atoms with E-state index in [1.807, 2.05) is 12.1 Å². The average Bonchev–Trinajstić information content (AvgIpc) is 2.96. The van der Waals surface area contributed by atoms with Crippen LogP contribution in [0, 0.1) is 0 Å². The number of thiophene rings is 1. The topological polar surface area (TPSA) is 35.6 Å². The summed E-state index contributed by atoms with van der Waals surface area (Å²) >= 11 is 1.78. The SMILES string of the molecule is CC(=O)Nc1ccc(CN2CCCN(Cc3ccsc3)CC2)cc1. The normalized spacial score (nSPS) is 16.7. The van der Waals surface area contributed by atoms with Crippen LogP contribution in [0.15, 0.2) is 41.1 Å². The van der Waals surface area contributed by atoms with E-state index in [4.69, 9.17) is 0 Å². The Morgan fingerprint density at radius 1 is 1.00 bits per heavy atom. The van der Waals surface area contributed by atoms with E-state index >= 15 is 0 Å². The number of hydrogen-bond acceptors (Lipinski definition) is 4. The van der Waals surface area contributed by atoms with Crippen LogP contribution < -0.4 is 5.32 Å². The molecule has 3 rings (SSSR count). The largest absolute Gasteiger partial charge is 0.326 e. The molecule has 5 heteroatoms. The first-order valence-corrected chi connectivity index (χ1v) is 9.45. The number of hydrogen-bond donors (Lipinski definition) is 1. The maximum absolute atomic E-state index is 11.1. The van der Waals surface area contributed by atoms with E-state index in [0.717, 1.165) is 38.4 Å². The monoisotopic (exact) mass is 343 g/mol. The van der Waals surface area contributed by atoms with Gasteiger partial charge in [0.05, 0.1) is 0 Å². The molecule has 1 aliphatic rings. The average molecular weight is 343 g/mol. The van der Waals surface area contributed by atoms with Crippen LogP contribution in [0.3, 0.4) is 0 Å². The Morgan fingerprint density at radius 2 is 1.67 bits per heavy atom. The van der Waals surface area contributed by atoms with E-state index in [2.05, 4.69) is 44.1 Å². The van der Waals surface area contributed by atoms with Crippen molar-refractivity contribution >= 4 is 22.9 Å². The quantitative estimate of drug-likeness (QED) is 0.904. The third-order valence-corrected chi connectivity index (χ3v) is 5.08. The Morgan fingerprint density at radius 3 is 2.25 bits per heavy atom. The molecular weight excluding hydrogens is 318 g/mol. The van der Waals surface area contributed by atoms with Crippen molar-refractivity contribution in [3.8, 4) is 0 Å². The van der Waals surface area contributed by atoms with Gasteiger partial charge in [-0.3, -0.25) is 14.6 Å². The molecule has 1 saturated heterocycles. The Balaban J connectivity index is 1.50. The van der Waals surface area contributed by atoms with Gasteiger partial charge in [0, 0.05) is 38.8 Å². The van der Waals surface area contributed by atoms with Crippen molar-refractivity contribution in [3.05, 3.63) is 52.2 Å². The summed E-state index contributed by atoms with van der Waals surface area (Å²) in [6.07, 6.45) is 1.22. The highest BCUT2D eigenvalue weighted by Crippen LogP contribution is 2.15. The lowest BCUT2D eigenvalue weighted by Crippen LogP contribution is -2.30. The van der Waals surface area contributed by atoms with Gasteiger partial charge >= 0.3 is 0 Å². The summed E-state index contributed by atoms with van der Waals surface area (Å²) in [4.78, 5) is 16.2. The number of rotatable bonds is 5. The molecule has 24 heavy (non-hydrogen) atoms. The van der Waals surface area contributed by atoms with Gasteiger partial charge in [0.2, 0.25) is 5.91 Å². The molecule has 0 aliphatic carbocycles. The zero-order valence-corrected chi connectivity index (χ0v) is 15.0. The highest BCUT2D eigenvalue weighted by Gasteiger charge is 2.15. The molecule has 1 amide bonds. The van der Waals surface area contributed by atoms with Crippen LogP contribution >= 0.6 is 11.3 Å². The molecule has 4 nitrogen and oxygen atoms in total. The van der Waals surface area contributed by atoms with E-state index in [0.29, 0.717) is 0 Å². The molecule has 1 N–H and O–H groups in total. The predicted molar refractivity (Wildman–Crippen MR) is 100 cm³/mol. The molecule has 1 fully saturated rings. The number of carbonyl (C=O) groups excluding carboxylic acids is 1. The van der Waals surface area contributed by atoms with Crippen molar-refractivity contribution in [2.24, 2.45) is 0 Å². The van der Waals surface area contributed by atoms with Crippen LogP contribution in [0.25, 0.3) is 0 Å². The van der Waals surface area contributed by atoms with E-state index < -0.39 is 0 Å². The predicted octanol–water partition coefficient (Wildman–Crippen LogP) is 3.41. The molecule has 1 aromatic carbocycles. The zero-order valence-electron chi connectivity index (χ0n) is 14.2. The Labute approximate surface area is 148 Å². The fourth-order valence-corrected chi connectivity index (χ4v) is 3.80. The Kier molecular flexibility index (Phi) is 6.01. The fraction of sp³-hybridized carbons (Fsp3) is 0.421. The first-order chi connectivity index (χ1) is 11.7. The van der Waals surface area contributed by atoms with Crippen molar-refractivity contribution in [2.75, 3.05) is 31.5 Å². The smallest absolute Gasteiger partial charge is 0.221 e. The summed E-state index contributed by atoms with van der Waals surface area (Å²) in [5.74, 6) is -0.0269. The molecule has 0 bridgehead atoms. The molecule has 0 saturated carbocycles. The number of amides is 1. The van der Waals surface area contributed by atoms with Crippen LogP contribution in [0.2, 0.25) is 0 Å². The third-order valence-electron chi connectivity index (χ3n) is 4.35. The summed E-state index contributed by atoms with van der Waals surface area (Å²) in [5.41, 5.74) is 3.60. The van der Waals surface area contributed by atoms with Gasteiger partial charge < -0.3 is 5.32 Å². The first-order valence-electron chi connectivity index (χ1n) is 8.51. The van der Waals surface area contributed by atoms with Crippen LogP contribution in [-0.4, -0.2) is 41.9 Å². The number of carbonyl (C=O) groups is 1. The van der Waals surface area contributed by atoms with Gasteiger partial charge in [-0.2, -0.15) is 11.3 Å². The van der Waals surface area contributed by atoms with Gasteiger partial charge in [0.15, 0.2) is 0 Å². The summed E-state index contributed by atoms with van der Waals surface area (Å²) in [6, 6.07) is 10.4. The molecule has 2 heterocycles. The molecular formula is C19H25N3OS. The van der Waals surface area contributed by atoms with Crippen LogP contribution in [0.5, 0.6) is 0 Å². The van der Waals surface area contributed by atoms with Crippen LogP contribution in [0.4, 0.5) is 5.69 Å². The highest BCUT2D eigenvalue weighted by molar-refractivity contribution is 7.07. The molecule has 0 spiro atoms. The van der Waals surface area contributed by atoms with Crippen molar-refractivity contribution in [1.29, 1.82) is 0 Å². The highest BCUT2D eigenvalue weighted by atomic mass is 32.1. The van der Waals surface area contributed by atoms with Crippen LogP contribution in [0.1, 0.15) is 24.5 Å². The number of anilines is 1. The second-order valence-electron chi connectivity index (χ2n) is 6.42. The van der Waals surface area contributed by atoms with Crippen molar-refractivity contribution < 1.29 is 4.79 Å². The van der Waals surface area contributed by atoms with Gasteiger partial charge in [-0.15, -0.1) is 0 Å². The lowest BCUT2D eigenvalue weighted by atomic mass is 10.2. The molecule has 0 radical (unpaired) electrons. The Hall–Kier alpha value is -1.69. The second kappa shape index (κ2) is 8.42. The third kappa shape index (κ3) is 5.16. The standard InChI is InChI=1S/C19H25N3OS/c1-16(23)20-19-5-3-17(4-6-19)13-21-8-2-9-22(11-10-21)14-18-7-12-24-15-18/h3-7,12,15H,2,8-11,13-14H2,1H3,(H,20,23). The zero-order chi connectivity index (χ0) is 16.8. The molecule has 0 unspecified atom stereocenters. The van der Waals surface area contributed by atoms with Crippen molar-refractivity contribution in [1.82, 2.24) is 9.80 Å². The number of nitrogens with one attached hydrogen (secondary N) is 1. The van der Waals surface area contributed by atoms with Gasteiger partial charge in [0.1, 0.15) is 0 Å². The maximum atomic E-state index is 11.1. The lowest BCUT2D eigenvalue weighted by molar-refractivity contribution is -0.114. The molecule has 128 valence electrons. The molecule has 2 aromatic rings. The second-order valence-corrected chi connectivity index (χ2v) is 7.20. The molecule has 0 atom stereocenters. The minimum atomic E-state index is -0.0269. The molecule has 1 aromatic heterocycles. The summed E-state index contributed by atoms with van der Waals surface area (Å²) < 4.78 is 0.